The molecule has 0 aliphatic heterocycles. The zero-order valence-corrected chi connectivity index (χ0v) is 14.4. The molecule has 0 amide bonds. The Kier molecular flexibility index (Phi) is 6.44. The van der Waals surface area contributed by atoms with Crippen molar-refractivity contribution in [3.8, 4) is 0 Å². The molecule has 2 rings (SSSR count). The lowest BCUT2D eigenvalue weighted by Crippen LogP contribution is -2.12. The summed E-state index contributed by atoms with van der Waals surface area (Å²) >= 11 is 11.4. The number of aliphatic hydroxyl groups excluding tert-OH is 1. The molecule has 0 bridgehead atoms. The van der Waals surface area contributed by atoms with Crippen LogP contribution in [-0.2, 0) is 9.53 Å². The van der Waals surface area contributed by atoms with E-state index in [4.69, 9.17) is 27.9 Å². The number of carbonyl (C=O) groups excluding carboxylic acids is 1. The first-order valence-electron chi connectivity index (χ1n) is 7.01. The molecule has 2 aromatic rings. The van der Waals surface area contributed by atoms with Crippen molar-refractivity contribution in [2.75, 3.05) is 6.61 Å². The summed E-state index contributed by atoms with van der Waals surface area (Å²) in [6, 6.07) is 5.84. The van der Waals surface area contributed by atoms with E-state index in [1.807, 2.05) is 0 Å². The van der Waals surface area contributed by atoms with E-state index in [2.05, 4.69) is 15.0 Å². The molecule has 6 nitrogen and oxygen atoms in total. The Morgan fingerprint density at radius 1 is 1.40 bits per heavy atom. The molecule has 130 valence electrons. The summed E-state index contributed by atoms with van der Waals surface area (Å²) in [4.78, 5) is 23.6. The second-order valence-corrected chi connectivity index (χ2v) is 5.24. The highest BCUT2D eigenvalue weighted by atomic mass is 35.5. The molecule has 9 heteroatoms. The van der Waals surface area contributed by atoms with Gasteiger partial charge in [0, 0.05) is 12.4 Å². The summed E-state index contributed by atoms with van der Waals surface area (Å²) in [6.45, 7) is 1.66. The quantitative estimate of drug-likeness (QED) is 0.275. The van der Waals surface area contributed by atoms with E-state index >= 15 is 0 Å². The Morgan fingerprint density at radius 3 is 2.80 bits per heavy atom. The third kappa shape index (κ3) is 4.74. The average Bonchev–Trinajstić information content (AvgIpc) is 2.59. The van der Waals surface area contributed by atoms with Gasteiger partial charge in [-0.3, -0.25) is 0 Å². The van der Waals surface area contributed by atoms with Crippen LogP contribution in [0.2, 0.25) is 10.3 Å². The van der Waals surface area contributed by atoms with Crippen molar-refractivity contribution in [3.05, 3.63) is 57.7 Å². The summed E-state index contributed by atoms with van der Waals surface area (Å²) < 4.78 is 18.5. The normalized spacial score (nSPS) is 12.2. The van der Waals surface area contributed by atoms with E-state index in [-0.39, 0.29) is 22.9 Å². The van der Waals surface area contributed by atoms with E-state index in [1.165, 1.54) is 6.20 Å². The number of aromatic nitrogens is 2. The number of ether oxygens (including phenoxy) is 1. The molecule has 0 saturated heterocycles. The van der Waals surface area contributed by atoms with Gasteiger partial charge in [0.15, 0.2) is 16.8 Å². The molecule has 0 fully saturated rings. The van der Waals surface area contributed by atoms with Crippen molar-refractivity contribution >= 4 is 47.0 Å². The van der Waals surface area contributed by atoms with Crippen molar-refractivity contribution in [3.63, 3.8) is 0 Å². The number of pyridine rings is 2. The van der Waals surface area contributed by atoms with Crippen LogP contribution in [0.25, 0.3) is 5.76 Å². The summed E-state index contributed by atoms with van der Waals surface area (Å²) in [5.41, 5.74) is -0.558. The summed E-state index contributed by atoms with van der Waals surface area (Å²) in [5, 5.41) is 9.65. The van der Waals surface area contributed by atoms with E-state index in [0.717, 1.165) is 12.3 Å². The van der Waals surface area contributed by atoms with Gasteiger partial charge in [-0.15, -0.1) is 0 Å². The van der Waals surface area contributed by atoms with Crippen molar-refractivity contribution in [2.24, 2.45) is 4.99 Å². The van der Waals surface area contributed by atoms with Gasteiger partial charge < -0.3 is 9.84 Å². The smallest absolute Gasteiger partial charge is 0.343 e. The molecule has 0 aromatic carbocycles. The number of hydrogen-bond acceptors (Lipinski definition) is 6. The van der Waals surface area contributed by atoms with Gasteiger partial charge in [-0.05, 0) is 25.1 Å². The lowest BCUT2D eigenvalue weighted by Gasteiger charge is -2.08. The summed E-state index contributed by atoms with van der Waals surface area (Å²) in [6.07, 6.45) is 2.56. The van der Waals surface area contributed by atoms with Gasteiger partial charge in [0.2, 0.25) is 0 Å². The fourth-order valence-corrected chi connectivity index (χ4v) is 2.15. The van der Waals surface area contributed by atoms with Crippen molar-refractivity contribution in [2.45, 2.75) is 6.92 Å². The Morgan fingerprint density at radius 2 is 2.16 bits per heavy atom. The van der Waals surface area contributed by atoms with Crippen LogP contribution in [0.5, 0.6) is 0 Å². The number of hydrogen-bond donors (Lipinski definition) is 1. The van der Waals surface area contributed by atoms with Gasteiger partial charge in [-0.1, -0.05) is 29.3 Å². The number of carbonyl (C=O) groups is 1. The number of nitrogens with zero attached hydrogens (tertiary/aromatic N) is 3. The molecule has 0 saturated carbocycles. The van der Waals surface area contributed by atoms with E-state index in [9.17, 15) is 14.3 Å². The minimum Gasteiger partial charge on any atom is -0.506 e. The van der Waals surface area contributed by atoms with Gasteiger partial charge in [0.1, 0.15) is 16.5 Å². The van der Waals surface area contributed by atoms with Crippen molar-refractivity contribution in [1.29, 1.82) is 0 Å². The minimum atomic E-state index is -0.905. The zero-order chi connectivity index (χ0) is 18.4. The van der Waals surface area contributed by atoms with E-state index < -0.39 is 22.7 Å². The highest BCUT2D eigenvalue weighted by Crippen LogP contribution is 2.27. The molecule has 1 N–H and O–H groups in total. The highest BCUT2D eigenvalue weighted by Gasteiger charge is 2.20. The van der Waals surface area contributed by atoms with Crippen LogP contribution in [-0.4, -0.2) is 33.9 Å². The fraction of sp³-hybridized carbons (Fsp3) is 0.125. The molecule has 0 spiro atoms. The lowest BCUT2D eigenvalue weighted by atomic mass is 10.1. The van der Waals surface area contributed by atoms with Gasteiger partial charge in [0.05, 0.1) is 12.2 Å². The molecular formula is C16H12Cl2FN3O3. The first kappa shape index (κ1) is 18.8. The number of aliphatic imine (C=N–C) groups is 1. The summed E-state index contributed by atoms with van der Waals surface area (Å²) in [5.74, 6) is -2.13. The Labute approximate surface area is 152 Å². The maximum atomic E-state index is 13.6. The minimum absolute atomic E-state index is 0.0635. The zero-order valence-electron chi connectivity index (χ0n) is 12.9. The molecule has 2 heterocycles. The number of rotatable bonds is 5. The lowest BCUT2D eigenvalue weighted by molar-refractivity contribution is -0.137. The second kappa shape index (κ2) is 8.55. The van der Waals surface area contributed by atoms with E-state index in [0.29, 0.717) is 5.82 Å². The molecule has 0 aliphatic carbocycles. The van der Waals surface area contributed by atoms with E-state index in [1.54, 1.807) is 25.1 Å². The number of halogens is 3. The van der Waals surface area contributed by atoms with Crippen molar-refractivity contribution in [1.82, 2.24) is 9.97 Å². The Bertz CT molecular complexity index is 842. The monoisotopic (exact) mass is 383 g/mol. The molecule has 0 unspecified atom stereocenters. The van der Waals surface area contributed by atoms with Crippen LogP contribution in [0.1, 0.15) is 12.5 Å². The fourth-order valence-electron chi connectivity index (χ4n) is 1.74. The van der Waals surface area contributed by atoms with Crippen LogP contribution in [0.3, 0.4) is 0 Å². The van der Waals surface area contributed by atoms with Crippen LogP contribution in [0.15, 0.2) is 41.0 Å². The first-order chi connectivity index (χ1) is 11.9. The molecule has 0 aliphatic rings. The first-order valence-corrected chi connectivity index (χ1v) is 7.77. The molecule has 0 atom stereocenters. The third-order valence-corrected chi connectivity index (χ3v) is 3.42. The maximum Gasteiger partial charge on any atom is 0.343 e. The molecule has 2 aromatic heterocycles. The third-order valence-electron chi connectivity index (χ3n) is 2.87. The standard InChI is InChI=1S/C16H12Cl2FN3O3/c1-2-25-16(24)10(8-21-12-5-3-4-6-20-12)13(23)9-7-11(19)15(18)22-14(9)17/h3-8,23H,2H2,1H3/b13-10+,21-8+. The summed E-state index contributed by atoms with van der Waals surface area (Å²) in [7, 11) is 0. The second-order valence-electron chi connectivity index (χ2n) is 4.53. The van der Waals surface area contributed by atoms with Crippen LogP contribution < -0.4 is 0 Å². The maximum absolute atomic E-state index is 13.6. The topological polar surface area (TPSA) is 84.7 Å². The average molecular weight is 384 g/mol. The van der Waals surface area contributed by atoms with Crippen molar-refractivity contribution < 1.29 is 19.0 Å². The molecule has 0 radical (unpaired) electrons. The van der Waals surface area contributed by atoms with Gasteiger partial charge in [-0.25, -0.2) is 24.1 Å². The Balaban J connectivity index is 2.53. The van der Waals surface area contributed by atoms with Gasteiger partial charge in [0.25, 0.3) is 0 Å². The Hall–Kier alpha value is -2.51. The molecular weight excluding hydrogens is 372 g/mol. The number of aliphatic hydroxyl groups is 1. The predicted octanol–water partition coefficient (Wildman–Crippen LogP) is 4.16. The highest BCUT2D eigenvalue weighted by molar-refractivity contribution is 6.34. The SMILES string of the molecule is CCOC(=O)C(/C=N/c1ccccn1)=C(/O)c1cc(F)c(Cl)nc1Cl. The predicted molar refractivity (Wildman–Crippen MR) is 92.8 cm³/mol. The largest absolute Gasteiger partial charge is 0.506 e. The molecule has 25 heavy (non-hydrogen) atoms. The van der Waals surface area contributed by atoms with Crippen LogP contribution in [0.4, 0.5) is 10.2 Å². The van der Waals surface area contributed by atoms with Crippen LogP contribution in [0, 0.1) is 5.82 Å². The number of esters is 1. The van der Waals surface area contributed by atoms with Gasteiger partial charge in [-0.2, -0.15) is 0 Å². The van der Waals surface area contributed by atoms with Crippen LogP contribution >= 0.6 is 23.2 Å². The van der Waals surface area contributed by atoms with Gasteiger partial charge >= 0.3 is 5.97 Å².